The molecule has 0 unspecified atom stereocenters. The molecule has 0 spiro atoms. The summed E-state index contributed by atoms with van der Waals surface area (Å²) in [7, 11) is 0. The van der Waals surface area contributed by atoms with E-state index >= 15 is 0 Å². The number of hydrogen-bond donors (Lipinski definition) is 1. The fourth-order valence-corrected chi connectivity index (χ4v) is 2.14. The summed E-state index contributed by atoms with van der Waals surface area (Å²) in [6, 6.07) is 9.59. The van der Waals surface area contributed by atoms with Crippen LogP contribution in [0.15, 0.2) is 44.5 Å². The first-order valence-corrected chi connectivity index (χ1v) is 6.87. The Morgan fingerprint density at radius 2 is 2.00 bits per heavy atom. The van der Waals surface area contributed by atoms with Crippen LogP contribution in [-0.2, 0) is 12.3 Å². The van der Waals surface area contributed by atoms with E-state index in [1.165, 1.54) is 11.8 Å². The number of rotatable bonds is 5. The number of nitrogens with zero attached hydrogens (tertiary/aromatic N) is 4. The van der Waals surface area contributed by atoms with Crippen molar-refractivity contribution in [2.45, 2.75) is 17.5 Å². The molecule has 0 aliphatic rings. The van der Waals surface area contributed by atoms with Crippen LogP contribution in [0.25, 0.3) is 11.5 Å². The average molecular weight is 289 g/mol. The molecule has 7 nitrogen and oxygen atoms in total. The Kier molecular flexibility index (Phi) is 3.75. The lowest BCUT2D eigenvalue weighted by Crippen LogP contribution is -1.95. The van der Waals surface area contributed by atoms with Crippen LogP contribution in [0.4, 0.5) is 0 Å². The number of aromatic nitrogens is 4. The summed E-state index contributed by atoms with van der Waals surface area (Å²) in [6.45, 7) is 0.230. The topological polar surface area (TPSA) is 104 Å². The minimum atomic E-state index is 0.230. The van der Waals surface area contributed by atoms with Crippen molar-refractivity contribution in [2.75, 3.05) is 0 Å². The van der Waals surface area contributed by atoms with Crippen molar-refractivity contribution < 1.29 is 8.94 Å². The molecule has 0 amide bonds. The highest BCUT2D eigenvalue weighted by atomic mass is 32.2. The first-order chi connectivity index (χ1) is 9.85. The summed E-state index contributed by atoms with van der Waals surface area (Å²) >= 11 is 1.34. The molecule has 2 heterocycles. The van der Waals surface area contributed by atoms with E-state index in [0.717, 1.165) is 5.56 Å². The molecule has 0 fully saturated rings. The lowest BCUT2D eigenvalue weighted by Gasteiger charge is -1.91. The van der Waals surface area contributed by atoms with E-state index in [9.17, 15) is 0 Å². The molecule has 0 saturated carbocycles. The third-order valence-electron chi connectivity index (χ3n) is 2.44. The van der Waals surface area contributed by atoms with Crippen molar-refractivity contribution in [3.05, 3.63) is 42.0 Å². The molecule has 0 bridgehead atoms. The lowest BCUT2D eigenvalue weighted by atomic mass is 10.2. The number of hydrogen-bond acceptors (Lipinski definition) is 8. The summed E-state index contributed by atoms with van der Waals surface area (Å²) in [5, 5.41) is 12.0. The van der Waals surface area contributed by atoms with E-state index in [1.54, 1.807) is 0 Å². The van der Waals surface area contributed by atoms with E-state index < -0.39 is 0 Å². The summed E-state index contributed by atoms with van der Waals surface area (Å²) in [5.41, 5.74) is 6.28. The van der Waals surface area contributed by atoms with Gasteiger partial charge in [0.15, 0.2) is 5.82 Å². The van der Waals surface area contributed by atoms with E-state index in [-0.39, 0.29) is 6.54 Å². The van der Waals surface area contributed by atoms with Gasteiger partial charge in [0.1, 0.15) is 0 Å². The molecule has 2 N–H and O–H groups in total. The molecule has 102 valence electrons. The molecule has 0 saturated heterocycles. The second-order valence-corrected chi connectivity index (χ2v) is 4.76. The molecule has 3 rings (SSSR count). The first kappa shape index (κ1) is 12.8. The highest BCUT2D eigenvalue weighted by Crippen LogP contribution is 2.22. The van der Waals surface area contributed by atoms with Gasteiger partial charge in [-0.1, -0.05) is 35.1 Å². The van der Waals surface area contributed by atoms with E-state index in [2.05, 4.69) is 20.3 Å². The third-order valence-corrected chi connectivity index (χ3v) is 3.25. The number of thioether (sulfide) groups is 1. The maximum absolute atomic E-state index is 5.39. The molecule has 3 aromatic rings. The first-order valence-electron chi connectivity index (χ1n) is 5.88. The normalized spacial score (nSPS) is 10.8. The van der Waals surface area contributed by atoms with Gasteiger partial charge >= 0.3 is 0 Å². The summed E-state index contributed by atoms with van der Waals surface area (Å²) in [6.07, 6.45) is 0. The standard InChI is InChI=1S/C12H11N5O2S/c13-6-10-15-16-12(18-10)20-7-9-14-11(19-17-9)8-4-2-1-3-5-8/h1-5H,6-7,13H2. The van der Waals surface area contributed by atoms with Crippen molar-refractivity contribution in [1.29, 1.82) is 0 Å². The van der Waals surface area contributed by atoms with Gasteiger partial charge in [-0.2, -0.15) is 4.98 Å². The van der Waals surface area contributed by atoms with Crippen LogP contribution >= 0.6 is 11.8 Å². The van der Waals surface area contributed by atoms with Crippen molar-refractivity contribution in [3.63, 3.8) is 0 Å². The van der Waals surface area contributed by atoms with Gasteiger partial charge in [-0.3, -0.25) is 0 Å². The smallest absolute Gasteiger partial charge is 0.277 e. The minimum absolute atomic E-state index is 0.230. The Balaban J connectivity index is 1.65. The minimum Gasteiger partial charge on any atom is -0.415 e. The number of benzene rings is 1. The van der Waals surface area contributed by atoms with Gasteiger partial charge in [0.2, 0.25) is 5.89 Å². The van der Waals surface area contributed by atoms with Crippen molar-refractivity contribution in [2.24, 2.45) is 5.73 Å². The molecule has 20 heavy (non-hydrogen) atoms. The predicted molar refractivity (Wildman–Crippen MR) is 71.5 cm³/mol. The third kappa shape index (κ3) is 2.86. The van der Waals surface area contributed by atoms with Gasteiger partial charge in [0.05, 0.1) is 12.3 Å². The van der Waals surface area contributed by atoms with Crippen LogP contribution in [0, 0.1) is 0 Å². The fraction of sp³-hybridized carbons (Fsp3) is 0.167. The largest absolute Gasteiger partial charge is 0.415 e. The van der Waals surface area contributed by atoms with Crippen LogP contribution in [0.5, 0.6) is 0 Å². The second-order valence-electron chi connectivity index (χ2n) is 3.84. The molecule has 2 aromatic heterocycles. The Hall–Kier alpha value is -2.19. The van der Waals surface area contributed by atoms with Crippen LogP contribution in [0.3, 0.4) is 0 Å². The Morgan fingerprint density at radius 1 is 1.15 bits per heavy atom. The van der Waals surface area contributed by atoms with Crippen LogP contribution < -0.4 is 5.73 Å². The highest BCUT2D eigenvalue weighted by molar-refractivity contribution is 7.98. The Labute approximate surface area is 118 Å². The molecule has 0 radical (unpaired) electrons. The van der Waals surface area contributed by atoms with Crippen molar-refractivity contribution in [3.8, 4) is 11.5 Å². The van der Waals surface area contributed by atoms with Crippen LogP contribution in [0.1, 0.15) is 11.7 Å². The van der Waals surface area contributed by atoms with Gasteiger partial charge in [-0.05, 0) is 12.1 Å². The monoisotopic (exact) mass is 289 g/mol. The van der Waals surface area contributed by atoms with Crippen molar-refractivity contribution >= 4 is 11.8 Å². The summed E-state index contributed by atoms with van der Waals surface area (Å²) in [5.74, 6) is 1.96. The van der Waals surface area contributed by atoms with E-state index in [0.29, 0.717) is 28.6 Å². The Morgan fingerprint density at radius 3 is 2.75 bits per heavy atom. The predicted octanol–water partition coefficient (Wildman–Crippen LogP) is 1.87. The molecular weight excluding hydrogens is 278 g/mol. The van der Waals surface area contributed by atoms with E-state index in [1.807, 2.05) is 30.3 Å². The summed E-state index contributed by atoms with van der Waals surface area (Å²) < 4.78 is 10.5. The van der Waals surface area contributed by atoms with Gasteiger partial charge < -0.3 is 14.7 Å². The van der Waals surface area contributed by atoms with Crippen LogP contribution in [0.2, 0.25) is 0 Å². The summed E-state index contributed by atoms with van der Waals surface area (Å²) in [4.78, 5) is 4.31. The van der Waals surface area contributed by atoms with Gasteiger partial charge in [-0.15, -0.1) is 10.2 Å². The molecule has 0 aliphatic carbocycles. The molecule has 1 aromatic carbocycles. The second kappa shape index (κ2) is 5.85. The van der Waals surface area contributed by atoms with E-state index in [4.69, 9.17) is 14.7 Å². The SMILES string of the molecule is NCc1nnc(SCc2noc(-c3ccccc3)n2)o1. The number of nitrogens with two attached hydrogens (primary N) is 1. The zero-order chi connectivity index (χ0) is 13.8. The molecule has 0 aliphatic heterocycles. The quantitative estimate of drug-likeness (QED) is 0.710. The average Bonchev–Trinajstić information content (AvgIpc) is 3.15. The molecular formula is C12H11N5O2S. The maximum Gasteiger partial charge on any atom is 0.277 e. The Bertz CT molecular complexity index is 682. The van der Waals surface area contributed by atoms with Crippen LogP contribution in [-0.4, -0.2) is 20.3 Å². The highest BCUT2D eigenvalue weighted by Gasteiger charge is 2.11. The van der Waals surface area contributed by atoms with Gasteiger partial charge in [-0.25, -0.2) is 0 Å². The van der Waals surface area contributed by atoms with Gasteiger partial charge in [0.25, 0.3) is 11.1 Å². The van der Waals surface area contributed by atoms with Crippen molar-refractivity contribution in [1.82, 2.24) is 20.3 Å². The fourth-order valence-electron chi connectivity index (χ4n) is 1.52. The molecule has 8 heteroatoms. The lowest BCUT2D eigenvalue weighted by molar-refractivity contribution is 0.414. The molecule has 0 atom stereocenters. The zero-order valence-corrected chi connectivity index (χ0v) is 11.2. The van der Waals surface area contributed by atoms with Gasteiger partial charge in [0, 0.05) is 5.56 Å². The maximum atomic E-state index is 5.39. The zero-order valence-electron chi connectivity index (χ0n) is 10.4.